The summed E-state index contributed by atoms with van der Waals surface area (Å²) in [5.41, 5.74) is 6.07. The highest BCUT2D eigenvalue weighted by atomic mass is 32.2. The predicted molar refractivity (Wildman–Crippen MR) is 69.5 cm³/mol. The summed E-state index contributed by atoms with van der Waals surface area (Å²) in [5, 5.41) is 0. The van der Waals surface area contributed by atoms with Crippen LogP contribution in [0.3, 0.4) is 0 Å². The molecule has 0 aromatic heterocycles. The number of sulfonamides is 1. The molecule has 0 heterocycles. The molecule has 0 radical (unpaired) electrons. The zero-order valence-corrected chi connectivity index (χ0v) is 11.5. The van der Waals surface area contributed by atoms with Crippen LogP contribution in [0.5, 0.6) is 0 Å². The Labute approximate surface area is 107 Å². The molecule has 0 spiro atoms. The van der Waals surface area contributed by atoms with Crippen LogP contribution < -0.4 is 10.5 Å². The highest BCUT2D eigenvalue weighted by Gasteiger charge is 2.20. The van der Waals surface area contributed by atoms with Crippen molar-refractivity contribution in [2.45, 2.75) is 37.6 Å². The zero-order chi connectivity index (χ0) is 13.9. The van der Waals surface area contributed by atoms with Crippen LogP contribution >= 0.6 is 0 Å². The Hall–Kier alpha value is -1.40. The standard InChI is InChI=1S/C12H18N2O3S/c1-8(2)10-4-6-11(7-5-10)18(16,17)14-9(3)12(13)15/h4-9,14H,1-3H3,(H2,13,15). The van der Waals surface area contributed by atoms with E-state index in [4.69, 9.17) is 5.73 Å². The van der Waals surface area contributed by atoms with Crippen molar-refractivity contribution < 1.29 is 13.2 Å². The first-order chi connectivity index (χ1) is 8.24. The third-order valence-electron chi connectivity index (χ3n) is 2.62. The van der Waals surface area contributed by atoms with Gasteiger partial charge in [-0.2, -0.15) is 4.72 Å². The van der Waals surface area contributed by atoms with Crippen LogP contribution in [0.25, 0.3) is 0 Å². The summed E-state index contributed by atoms with van der Waals surface area (Å²) < 4.78 is 26.0. The Kier molecular flexibility index (Phi) is 4.48. The quantitative estimate of drug-likeness (QED) is 0.835. The Bertz CT molecular complexity index is 521. The summed E-state index contributed by atoms with van der Waals surface area (Å²) in [6, 6.07) is 5.62. The van der Waals surface area contributed by atoms with Crippen molar-refractivity contribution in [2.24, 2.45) is 5.73 Å². The van der Waals surface area contributed by atoms with Crippen molar-refractivity contribution in [1.29, 1.82) is 0 Å². The number of amides is 1. The van der Waals surface area contributed by atoms with E-state index in [1.165, 1.54) is 19.1 Å². The van der Waals surface area contributed by atoms with Crippen molar-refractivity contribution in [1.82, 2.24) is 4.72 Å². The number of hydrogen-bond acceptors (Lipinski definition) is 3. The van der Waals surface area contributed by atoms with Crippen LogP contribution in [0.15, 0.2) is 29.2 Å². The van der Waals surface area contributed by atoms with Gasteiger partial charge in [0.25, 0.3) is 0 Å². The number of hydrogen-bond donors (Lipinski definition) is 2. The van der Waals surface area contributed by atoms with Crippen LogP contribution in [0.2, 0.25) is 0 Å². The van der Waals surface area contributed by atoms with Gasteiger partial charge in [-0.25, -0.2) is 8.42 Å². The first-order valence-electron chi connectivity index (χ1n) is 5.65. The van der Waals surface area contributed by atoms with Gasteiger partial charge >= 0.3 is 0 Å². The van der Waals surface area contributed by atoms with E-state index in [-0.39, 0.29) is 4.90 Å². The third-order valence-corrected chi connectivity index (χ3v) is 4.17. The molecule has 0 fully saturated rings. The highest BCUT2D eigenvalue weighted by Crippen LogP contribution is 2.17. The molecule has 0 saturated carbocycles. The molecule has 0 aliphatic carbocycles. The summed E-state index contributed by atoms with van der Waals surface area (Å²) in [7, 11) is -3.70. The second-order valence-electron chi connectivity index (χ2n) is 4.47. The van der Waals surface area contributed by atoms with Crippen LogP contribution in [-0.2, 0) is 14.8 Å². The van der Waals surface area contributed by atoms with Crippen LogP contribution in [0, 0.1) is 0 Å². The van der Waals surface area contributed by atoms with Crippen LogP contribution in [0.1, 0.15) is 32.3 Å². The fourth-order valence-electron chi connectivity index (χ4n) is 1.39. The minimum Gasteiger partial charge on any atom is -0.368 e. The van der Waals surface area contributed by atoms with E-state index >= 15 is 0 Å². The Balaban J connectivity index is 2.95. The maximum absolute atomic E-state index is 11.9. The van der Waals surface area contributed by atoms with Crippen molar-refractivity contribution in [3.8, 4) is 0 Å². The molecule has 0 aliphatic rings. The largest absolute Gasteiger partial charge is 0.368 e. The van der Waals surface area contributed by atoms with Crippen LogP contribution in [-0.4, -0.2) is 20.4 Å². The van der Waals surface area contributed by atoms with Gasteiger partial charge in [-0.1, -0.05) is 26.0 Å². The number of carbonyl (C=O) groups excluding carboxylic acids is 1. The van der Waals surface area contributed by atoms with Crippen molar-refractivity contribution >= 4 is 15.9 Å². The lowest BCUT2D eigenvalue weighted by Gasteiger charge is -2.12. The Morgan fingerprint density at radius 3 is 2.06 bits per heavy atom. The van der Waals surface area contributed by atoms with E-state index in [1.807, 2.05) is 13.8 Å². The highest BCUT2D eigenvalue weighted by molar-refractivity contribution is 7.89. The van der Waals surface area contributed by atoms with Gasteiger partial charge in [-0.3, -0.25) is 4.79 Å². The zero-order valence-electron chi connectivity index (χ0n) is 10.7. The third kappa shape index (κ3) is 3.54. The summed E-state index contributed by atoms with van der Waals surface area (Å²) in [6.07, 6.45) is 0. The number of benzene rings is 1. The molecule has 1 aromatic carbocycles. The molecule has 0 bridgehead atoms. The van der Waals surface area contributed by atoms with E-state index in [1.54, 1.807) is 12.1 Å². The molecule has 1 rings (SSSR count). The Morgan fingerprint density at radius 2 is 1.67 bits per heavy atom. The molecule has 3 N–H and O–H groups in total. The first-order valence-corrected chi connectivity index (χ1v) is 7.14. The van der Waals surface area contributed by atoms with Crippen molar-refractivity contribution in [3.05, 3.63) is 29.8 Å². The van der Waals surface area contributed by atoms with Gasteiger partial charge in [-0.05, 0) is 30.5 Å². The average Bonchev–Trinajstić information content (AvgIpc) is 2.28. The summed E-state index contributed by atoms with van der Waals surface area (Å²) in [5.74, 6) is -0.378. The molecule has 1 aromatic rings. The van der Waals surface area contributed by atoms with Gasteiger partial charge in [-0.15, -0.1) is 0 Å². The number of carbonyl (C=O) groups is 1. The van der Waals surface area contributed by atoms with Gasteiger partial charge in [0.1, 0.15) is 0 Å². The predicted octanol–water partition coefficient (Wildman–Crippen LogP) is 0.962. The molecule has 1 atom stereocenters. The second kappa shape index (κ2) is 5.49. The molecule has 6 heteroatoms. The smallest absolute Gasteiger partial charge is 0.241 e. The number of rotatable bonds is 5. The summed E-state index contributed by atoms with van der Waals surface area (Å²) in [4.78, 5) is 11.0. The van der Waals surface area contributed by atoms with E-state index in [2.05, 4.69) is 4.72 Å². The number of primary amides is 1. The molecule has 0 saturated heterocycles. The van der Waals surface area contributed by atoms with Gasteiger partial charge in [0, 0.05) is 0 Å². The van der Waals surface area contributed by atoms with Gasteiger partial charge in [0.2, 0.25) is 15.9 Å². The first kappa shape index (κ1) is 14.7. The van der Waals surface area contributed by atoms with E-state index in [9.17, 15) is 13.2 Å². The molecule has 18 heavy (non-hydrogen) atoms. The maximum Gasteiger partial charge on any atom is 0.241 e. The minimum absolute atomic E-state index is 0.125. The van der Waals surface area contributed by atoms with Gasteiger partial charge < -0.3 is 5.73 Å². The molecular weight excluding hydrogens is 252 g/mol. The van der Waals surface area contributed by atoms with Crippen molar-refractivity contribution in [2.75, 3.05) is 0 Å². The van der Waals surface area contributed by atoms with Gasteiger partial charge in [0.15, 0.2) is 0 Å². The Morgan fingerprint density at radius 1 is 1.17 bits per heavy atom. The monoisotopic (exact) mass is 270 g/mol. The lowest BCUT2D eigenvalue weighted by Crippen LogP contribution is -2.42. The fourth-order valence-corrected chi connectivity index (χ4v) is 2.60. The fraction of sp³-hybridized carbons (Fsp3) is 0.417. The summed E-state index contributed by atoms with van der Waals surface area (Å²) in [6.45, 7) is 5.45. The maximum atomic E-state index is 11.9. The molecular formula is C12H18N2O3S. The topological polar surface area (TPSA) is 89.3 Å². The molecule has 1 unspecified atom stereocenters. The lowest BCUT2D eigenvalue weighted by atomic mass is 10.0. The molecule has 0 aliphatic heterocycles. The summed E-state index contributed by atoms with van der Waals surface area (Å²) >= 11 is 0. The minimum atomic E-state index is -3.70. The number of nitrogens with two attached hydrogens (primary N) is 1. The molecule has 1 amide bonds. The van der Waals surface area contributed by atoms with Crippen molar-refractivity contribution in [3.63, 3.8) is 0 Å². The average molecular weight is 270 g/mol. The molecule has 100 valence electrons. The molecule has 5 nitrogen and oxygen atoms in total. The van der Waals surface area contributed by atoms with Crippen LogP contribution in [0.4, 0.5) is 0 Å². The van der Waals surface area contributed by atoms with E-state index in [0.29, 0.717) is 5.92 Å². The normalized spacial score (nSPS) is 13.6. The lowest BCUT2D eigenvalue weighted by molar-refractivity contribution is -0.119. The number of nitrogens with one attached hydrogen (secondary N) is 1. The van der Waals surface area contributed by atoms with E-state index in [0.717, 1.165) is 5.56 Å². The van der Waals surface area contributed by atoms with E-state index < -0.39 is 22.0 Å². The second-order valence-corrected chi connectivity index (χ2v) is 6.18. The SMILES string of the molecule is CC(NS(=O)(=O)c1ccc(C(C)C)cc1)C(N)=O. The van der Waals surface area contributed by atoms with Gasteiger partial charge in [0.05, 0.1) is 10.9 Å².